The Kier molecular flexibility index (Phi) is 2.83. The lowest BCUT2D eigenvalue weighted by molar-refractivity contribution is 0.105. The molecule has 0 unspecified atom stereocenters. The second kappa shape index (κ2) is 4.09. The molecule has 0 saturated carbocycles. The average molecular weight is 287 g/mol. The third-order valence-electron chi connectivity index (χ3n) is 2.01. The van der Waals surface area contributed by atoms with Crippen molar-refractivity contribution in [3.8, 4) is 0 Å². The fourth-order valence-electron chi connectivity index (χ4n) is 1.31. The van der Waals surface area contributed by atoms with Crippen molar-refractivity contribution in [1.29, 1.82) is 0 Å². The molecule has 3 heteroatoms. The predicted molar refractivity (Wildman–Crippen MR) is 61.4 cm³/mol. The van der Waals surface area contributed by atoms with Crippen molar-refractivity contribution >= 4 is 28.3 Å². The molecule has 0 radical (unpaired) electrons. The zero-order chi connectivity index (χ0) is 9.10. The zero-order valence-corrected chi connectivity index (χ0v) is 9.27. The Labute approximate surface area is 91.1 Å². The van der Waals surface area contributed by atoms with Gasteiger partial charge in [-0.25, -0.2) is 0 Å². The van der Waals surface area contributed by atoms with E-state index in [1.807, 2.05) is 18.2 Å². The van der Waals surface area contributed by atoms with Crippen LogP contribution in [0.3, 0.4) is 0 Å². The average Bonchev–Trinajstić information content (AvgIpc) is 2.67. The molecule has 1 atom stereocenters. The summed E-state index contributed by atoms with van der Waals surface area (Å²) in [7, 11) is 0. The number of hydrogen-bond acceptors (Lipinski definition) is 2. The van der Waals surface area contributed by atoms with Crippen molar-refractivity contribution < 1.29 is 4.84 Å². The van der Waals surface area contributed by atoms with Gasteiger partial charge in [-0.3, -0.25) is 0 Å². The molecular weight excluding hydrogens is 277 g/mol. The molecule has 0 N–H and O–H groups in total. The van der Waals surface area contributed by atoms with Crippen LogP contribution in [0.15, 0.2) is 35.5 Å². The number of nitrogens with zero attached hydrogens (tertiary/aromatic N) is 1. The highest BCUT2D eigenvalue weighted by atomic mass is 127. The van der Waals surface area contributed by atoms with Gasteiger partial charge in [-0.05, 0) is 5.56 Å². The van der Waals surface area contributed by atoms with Crippen LogP contribution in [-0.2, 0) is 4.84 Å². The highest BCUT2D eigenvalue weighted by Crippen LogP contribution is 2.17. The van der Waals surface area contributed by atoms with Crippen LogP contribution >= 0.6 is 22.6 Å². The monoisotopic (exact) mass is 287 g/mol. The third kappa shape index (κ3) is 2.02. The number of halogens is 1. The second-order valence-electron chi connectivity index (χ2n) is 2.99. The second-order valence-corrected chi connectivity index (χ2v) is 3.87. The van der Waals surface area contributed by atoms with Gasteiger partial charge in [0.2, 0.25) is 0 Å². The molecule has 0 fully saturated rings. The Hall–Kier alpha value is -0.580. The van der Waals surface area contributed by atoms with Crippen LogP contribution in [0, 0.1) is 0 Å². The maximum absolute atomic E-state index is 5.25. The maximum atomic E-state index is 5.25. The van der Waals surface area contributed by atoms with E-state index in [1.165, 1.54) is 5.56 Å². The SMILES string of the molecule is IC[C@@H]1CC(c2ccccc2)=NO1. The Balaban J connectivity index is 2.12. The van der Waals surface area contributed by atoms with Crippen LogP contribution in [0.25, 0.3) is 0 Å². The van der Waals surface area contributed by atoms with Gasteiger partial charge in [0.15, 0.2) is 0 Å². The van der Waals surface area contributed by atoms with Crippen molar-refractivity contribution in [1.82, 2.24) is 0 Å². The summed E-state index contributed by atoms with van der Waals surface area (Å²) in [6, 6.07) is 10.2. The van der Waals surface area contributed by atoms with Crippen LogP contribution in [0.5, 0.6) is 0 Å². The molecule has 1 heterocycles. The first kappa shape index (κ1) is 8.99. The quantitative estimate of drug-likeness (QED) is 0.605. The molecule has 0 aromatic heterocycles. The van der Waals surface area contributed by atoms with Gasteiger partial charge in [0.05, 0.1) is 5.71 Å². The van der Waals surface area contributed by atoms with Gasteiger partial charge in [-0.2, -0.15) is 0 Å². The summed E-state index contributed by atoms with van der Waals surface area (Å²) in [6.45, 7) is 0. The first-order valence-electron chi connectivity index (χ1n) is 4.24. The lowest BCUT2D eigenvalue weighted by Gasteiger charge is -2.00. The minimum absolute atomic E-state index is 0.274. The lowest BCUT2D eigenvalue weighted by atomic mass is 10.1. The van der Waals surface area contributed by atoms with E-state index in [0.717, 1.165) is 16.6 Å². The summed E-state index contributed by atoms with van der Waals surface area (Å²) >= 11 is 2.32. The Bertz CT molecular complexity index is 310. The normalized spacial score (nSPS) is 21.0. The van der Waals surface area contributed by atoms with Crippen molar-refractivity contribution in [2.24, 2.45) is 5.16 Å². The van der Waals surface area contributed by atoms with E-state index < -0.39 is 0 Å². The van der Waals surface area contributed by atoms with Crippen LogP contribution in [0.4, 0.5) is 0 Å². The standard InChI is InChI=1S/C10H10INO/c11-7-9-6-10(12-13-9)8-4-2-1-3-5-8/h1-5,9H,6-7H2/t9-/m0/s1. The van der Waals surface area contributed by atoms with Crippen LogP contribution in [0.2, 0.25) is 0 Å². The number of oxime groups is 1. The minimum Gasteiger partial charge on any atom is -0.391 e. The fourth-order valence-corrected chi connectivity index (χ4v) is 1.78. The number of hydrogen-bond donors (Lipinski definition) is 0. The van der Waals surface area contributed by atoms with E-state index in [4.69, 9.17) is 4.84 Å². The van der Waals surface area contributed by atoms with Gasteiger partial charge in [0.1, 0.15) is 6.10 Å². The summed E-state index contributed by atoms with van der Waals surface area (Å²) in [5.41, 5.74) is 2.25. The van der Waals surface area contributed by atoms with Crippen LogP contribution in [0.1, 0.15) is 12.0 Å². The van der Waals surface area contributed by atoms with Crippen molar-refractivity contribution in [2.45, 2.75) is 12.5 Å². The molecule has 13 heavy (non-hydrogen) atoms. The molecule has 0 bridgehead atoms. The predicted octanol–water partition coefficient (Wildman–Crippen LogP) is 2.61. The van der Waals surface area contributed by atoms with E-state index in [-0.39, 0.29) is 6.10 Å². The Morgan fingerprint density at radius 1 is 1.38 bits per heavy atom. The van der Waals surface area contributed by atoms with E-state index in [2.05, 4.69) is 39.9 Å². The summed E-state index contributed by atoms with van der Waals surface area (Å²) in [4.78, 5) is 5.25. The number of benzene rings is 1. The van der Waals surface area contributed by atoms with E-state index in [1.54, 1.807) is 0 Å². The molecular formula is C10H10INO. The molecule has 2 rings (SSSR count). The first-order chi connectivity index (χ1) is 6.40. The van der Waals surface area contributed by atoms with Gasteiger partial charge in [0.25, 0.3) is 0 Å². The summed E-state index contributed by atoms with van der Waals surface area (Å²) < 4.78 is 0.998. The first-order valence-corrected chi connectivity index (χ1v) is 5.77. The smallest absolute Gasteiger partial charge is 0.142 e. The molecule has 1 aliphatic rings. The van der Waals surface area contributed by atoms with Gasteiger partial charge < -0.3 is 4.84 Å². The summed E-state index contributed by atoms with van der Waals surface area (Å²) in [5.74, 6) is 0. The van der Waals surface area contributed by atoms with Gasteiger partial charge >= 0.3 is 0 Å². The van der Waals surface area contributed by atoms with E-state index in [0.29, 0.717) is 0 Å². The van der Waals surface area contributed by atoms with Crippen molar-refractivity contribution in [3.05, 3.63) is 35.9 Å². The highest BCUT2D eigenvalue weighted by Gasteiger charge is 2.20. The number of rotatable bonds is 2. The molecule has 68 valence electrons. The fraction of sp³-hybridized carbons (Fsp3) is 0.300. The third-order valence-corrected chi connectivity index (χ3v) is 2.99. The van der Waals surface area contributed by atoms with Crippen molar-refractivity contribution in [3.63, 3.8) is 0 Å². The lowest BCUT2D eigenvalue weighted by Crippen LogP contribution is -2.09. The molecule has 0 amide bonds. The highest BCUT2D eigenvalue weighted by molar-refractivity contribution is 14.1. The van der Waals surface area contributed by atoms with Gasteiger partial charge in [-0.1, -0.05) is 58.1 Å². The number of alkyl halides is 1. The van der Waals surface area contributed by atoms with Crippen LogP contribution < -0.4 is 0 Å². The Morgan fingerprint density at radius 2 is 2.15 bits per heavy atom. The zero-order valence-electron chi connectivity index (χ0n) is 7.11. The molecule has 1 aromatic rings. The Morgan fingerprint density at radius 3 is 2.77 bits per heavy atom. The molecule has 1 aliphatic heterocycles. The van der Waals surface area contributed by atoms with E-state index >= 15 is 0 Å². The van der Waals surface area contributed by atoms with E-state index in [9.17, 15) is 0 Å². The van der Waals surface area contributed by atoms with Gasteiger partial charge in [0, 0.05) is 10.8 Å². The minimum atomic E-state index is 0.274. The molecule has 1 aromatic carbocycles. The largest absolute Gasteiger partial charge is 0.391 e. The summed E-state index contributed by atoms with van der Waals surface area (Å²) in [5, 5.41) is 4.07. The molecule has 0 spiro atoms. The van der Waals surface area contributed by atoms with Crippen LogP contribution in [-0.4, -0.2) is 16.2 Å². The maximum Gasteiger partial charge on any atom is 0.142 e. The van der Waals surface area contributed by atoms with Gasteiger partial charge in [-0.15, -0.1) is 0 Å². The topological polar surface area (TPSA) is 21.6 Å². The molecule has 2 nitrogen and oxygen atoms in total. The molecule has 0 saturated heterocycles. The summed E-state index contributed by atoms with van der Waals surface area (Å²) in [6.07, 6.45) is 1.21. The van der Waals surface area contributed by atoms with Crippen molar-refractivity contribution in [2.75, 3.05) is 4.43 Å². The molecule has 0 aliphatic carbocycles.